The largest absolute Gasteiger partial charge is 0.338 e. The summed E-state index contributed by atoms with van der Waals surface area (Å²) in [7, 11) is 0. The summed E-state index contributed by atoms with van der Waals surface area (Å²) < 4.78 is 1.16. The Kier molecular flexibility index (Phi) is 5.40. The smallest absolute Gasteiger partial charge is 0.319 e. The Morgan fingerprint density at radius 1 is 1.15 bits per heavy atom. The summed E-state index contributed by atoms with van der Waals surface area (Å²) >= 11 is 2.26. The molecule has 0 bridgehead atoms. The van der Waals surface area contributed by atoms with Crippen LogP contribution in [-0.4, -0.2) is 12.6 Å². The number of benzene rings is 2. The number of urea groups is 1. The molecule has 2 amide bonds. The highest BCUT2D eigenvalue weighted by Crippen LogP contribution is 2.17. The number of rotatable bonds is 4. The summed E-state index contributed by atoms with van der Waals surface area (Å²) in [4.78, 5) is 11.8. The normalized spacial score (nSPS) is 10.1. The highest BCUT2D eigenvalue weighted by atomic mass is 127. The number of anilines is 1. The zero-order valence-electron chi connectivity index (χ0n) is 11.3. The van der Waals surface area contributed by atoms with E-state index in [4.69, 9.17) is 0 Å². The molecule has 3 nitrogen and oxygen atoms in total. The van der Waals surface area contributed by atoms with Gasteiger partial charge in [0, 0.05) is 15.8 Å². The quantitative estimate of drug-likeness (QED) is 0.775. The SMILES string of the molecule is Cc1cc(I)ccc1NC(=O)NCCc1ccccc1. The van der Waals surface area contributed by atoms with Gasteiger partial charge in [0.15, 0.2) is 0 Å². The van der Waals surface area contributed by atoms with Crippen molar-refractivity contribution in [1.29, 1.82) is 0 Å². The van der Waals surface area contributed by atoms with Gasteiger partial charge in [-0.2, -0.15) is 0 Å². The standard InChI is InChI=1S/C16H17IN2O/c1-12-11-14(17)7-8-15(12)19-16(20)18-10-9-13-5-3-2-4-6-13/h2-8,11H,9-10H2,1H3,(H2,18,19,20). The molecule has 0 saturated heterocycles. The van der Waals surface area contributed by atoms with Crippen molar-refractivity contribution in [3.63, 3.8) is 0 Å². The fourth-order valence-electron chi connectivity index (χ4n) is 1.90. The van der Waals surface area contributed by atoms with Gasteiger partial charge in [-0.05, 0) is 65.3 Å². The van der Waals surface area contributed by atoms with Gasteiger partial charge in [-0.3, -0.25) is 0 Å². The number of aryl methyl sites for hydroxylation is 1. The first-order valence-electron chi connectivity index (χ1n) is 6.50. The van der Waals surface area contributed by atoms with E-state index >= 15 is 0 Å². The third-order valence-corrected chi connectivity index (χ3v) is 3.65. The molecule has 0 radical (unpaired) electrons. The summed E-state index contributed by atoms with van der Waals surface area (Å²) in [6, 6.07) is 15.9. The molecular weight excluding hydrogens is 363 g/mol. The Bertz CT molecular complexity index is 584. The molecule has 0 unspecified atom stereocenters. The van der Waals surface area contributed by atoms with Crippen LogP contribution in [0, 0.1) is 10.5 Å². The zero-order chi connectivity index (χ0) is 14.4. The second-order valence-electron chi connectivity index (χ2n) is 4.58. The average Bonchev–Trinajstić information content (AvgIpc) is 2.43. The molecule has 2 aromatic rings. The van der Waals surface area contributed by atoms with Gasteiger partial charge < -0.3 is 10.6 Å². The van der Waals surface area contributed by atoms with E-state index in [0.29, 0.717) is 6.54 Å². The van der Waals surface area contributed by atoms with Crippen LogP contribution in [0.5, 0.6) is 0 Å². The molecule has 104 valence electrons. The van der Waals surface area contributed by atoms with Crippen molar-refractivity contribution in [2.75, 3.05) is 11.9 Å². The number of hydrogen-bond donors (Lipinski definition) is 2. The number of carbonyl (C=O) groups excluding carboxylic acids is 1. The van der Waals surface area contributed by atoms with Crippen LogP contribution in [-0.2, 0) is 6.42 Å². The minimum absolute atomic E-state index is 0.162. The predicted molar refractivity (Wildman–Crippen MR) is 91.1 cm³/mol. The third-order valence-electron chi connectivity index (χ3n) is 2.98. The lowest BCUT2D eigenvalue weighted by Gasteiger charge is -2.10. The monoisotopic (exact) mass is 380 g/mol. The minimum atomic E-state index is -0.162. The molecule has 0 aliphatic carbocycles. The Hall–Kier alpha value is -1.56. The van der Waals surface area contributed by atoms with Crippen molar-refractivity contribution in [1.82, 2.24) is 5.32 Å². The van der Waals surface area contributed by atoms with Crippen LogP contribution in [0.2, 0.25) is 0 Å². The van der Waals surface area contributed by atoms with E-state index in [9.17, 15) is 4.79 Å². The van der Waals surface area contributed by atoms with Gasteiger partial charge in [0.1, 0.15) is 0 Å². The van der Waals surface area contributed by atoms with Crippen molar-refractivity contribution >= 4 is 34.3 Å². The number of amides is 2. The Morgan fingerprint density at radius 2 is 1.90 bits per heavy atom. The van der Waals surface area contributed by atoms with E-state index < -0.39 is 0 Å². The molecular formula is C16H17IN2O. The van der Waals surface area contributed by atoms with E-state index in [2.05, 4.69) is 45.4 Å². The van der Waals surface area contributed by atoms with E-state index in [-0.39, 0.29) is 6.03 Å². The van der Waals surface area contributed by atoms with Crippen molar-refractivity contribution in [3.8, 4) is 0 Å². The van der Waals surface area contributed by atoms with Crippen LogP contribution >= 0.6 is 22.6 Å². The third kappa shape index (κ3) is 4.52. The summed E-state index contributed by atoms with van der Waals surface area (Å²) in [5.74, 6) is 0. The Labute approximate surface area is 132 Å². The molecule has 0 spiro atoms. The van der Waals surface area contributed by atoms with Gasteiger partial charge in [0.25, 0.3) is 0 Å². The number of halogens is 1. The lowest BCUT2D eigenvalue weighted by Crippen LogP contribution is -2.30. The Morgan fingerprint density at radius 3 is 2.60 bits per heavy atom. The molecule has 20 heavy (non-hydrogen) atoms. The number of nitrogens with one attached hydrogen (secondary N) is 2. The molecule has 4 heteroatoms. The maximum Gasteiger partial charge on any atom is 0.319 e. The van der Waals surface area contributed by atoms with Crippen LogP contribution in [0.3, 0.4) is 0 Å². The summed E-state index contributed by atoms with van der Waals surface area (Å²) in [5.41, 5.74) is 3.14. The second-order valence-corrected chi connectivity index (χ2v) is 5.82. The molecule has 0 aromatic heterocycles. The van der Waals surface area contributed by atoms with Crippen LogP contribution in [0.25, 0.3) is 0 Å². The van der Waals surface area contributed by atoms with Crippen LogP contribution in [0.4, 0.5) is 10.5 Å². The topological polar surface area (TPSA) is 41.1 Å². The van der Waals surface area contributed by atoms with Crippen LogP contribution < -0.4 is 10.6 Å². The first-order valence-corrected chi connectivity index (χ1v) is 7.58. The van der Waals surface area contributed by atoms with Crippen LogP contribution in [0.15, 0.2) is 48.5 Å². The fraction of sp³-hybridized carbons (Fsp3) is 0.188. The summed E-state index contributed by atoms with van der Waals surface area (Å²) in [6.07, 6.45) is 0.833. The van der Waals surface area contributed by atoms with Gasteiger partial charge in [0.05, 0.1) is 0 Å². The summed E-state index contributed by atoms with van der Waals surface area (Å²) in [6.45, 7) is 2.61. The minimum Gasteiger partial charge on any atom is -0.338 e. The van der Waals surface area contributed by atoms with Crippen LogP contribution in [0.1, 0.15) is 11.1 Å². The molecule has 0 heterocycles. The van der Waals surface area contributed by atoms with E-state index in [1.165, 1.54) is 5.56 Å². The van der Waals surface area contributed by atoms with E-state index in [0.717, 1.165) is 21.2 Å². The molecule has 0 saturated carbocycles. The van der Waals surface area contributed by atoms with Crippen molar-refractivity contribution in [2.45, 2.75) is 13.3 Å². The molecule has 0 fully saturated rings. The van der Waals surface area contributed by atoms with E-state index in [1.54, 1.807) is 0 Å². The molecule has 2 aromatic carbocycles. The molecule has 0 aliphatic heterocycles. The Balaban J connectivity index is 1.81. The maximum absolute atomic E-state index is 11.8. The van der Waals surface area contributed by atoms with Gasteiger partial charge in [-0.25, -0.2) is 4.79 Å². The lowest BCUT2D eigenvalue weighted by atomic mass is 10.1. The molecule has 2 rings (SSSR count). The van der Waals surface area contributed by atoms with Gasteiger partial charge in [-0.1, -0.05) is 30.3 Å². The van der Waals surface area contributed by atoms with Gasteiger partial charge >= 0.3 is 6.03 Å². The van der Waals surface area contributed by atoms with Crippen molar-refractivity contribution < 1.29 is 4.79 Å². The second kappa shape index (κ2) is 7.28. The average molecular weight is 380 g/mol. The van der Waals surface area contributed by atoms with Gasteiger partial charge in [0.2, 0.25) is 0 Å². The zero-order valence-corrected chi connectivity index (χ0v) is 13.5. The highest BCUT2D eigenvalue weighted by Gasteiger charge is 2.04. The fourth-order valence-corrected chi connectivity index (χ4v) is 2.55. The highest BCUT2D eigenvalue weighted by molar-refractivity contribution is 14.1. The van der Waals surface area contributed by atoms with Crippen molar-refractivity contribution in [3.05, 3.63) is 63.2 Å². The summed E-state index contributed by atoms with van der Waals surface area (Å²) in [5, 5.41) is 5.74. The van der Waals surface area contributed by atoms with Crippen molar-refractivity contribution in [2.24, 2.45) is 0 Å². The molecule has 0 atom stereocenters. The van der Waals surface area contributed by atoms with Gasteiger partial charge in [-0.15, -0.1) is 0 Å². The molecule has 2 N–H and O–H groups in total. The molecule has 0 aliphatic rings. The van der Waals surface area contributed by atoms with E-state index in [1.807, 2.05) is 43.3 Å². The lowest BCUT2D eigenvalue weighted by molar-refractivity contribution is 0.252. The number of hydrogen-bond acceptors (Lipinski definition) is 1. The first kappa shape index (κ1) is 14.8. The predicted octanol–water partition coefficient (Wildman–Crippen LogP) is 3.96. The maximum atomic E-state index is 11.8. The first-order chi connectivity index (χ1) is 9.65. The number of carbonyl (C=O) groups is 1.